The second kappa shape index (κ2) is 5.82. The Morgan fingerprint density at radius 2 is 2.10 bits per heavy atom. The van der Waals surface area contributed by atoms with E-state index in [0.29, 0.717) is 17.2 Å². The predicted molar refractivity (Wildman–Crippen MR) is 75.3 cm³/mol. The van der Waals surface area contributed by atoms with Crippen LogP contribution in [0.2, 0.25) is 0 Å². The second-order valence-corrected chi connectivity index (χ2v) is 5.05. The van der Waals surface area contributed by atoms with E-state index >= 15 is 0 Å². The third-order valence-electron chi connectivity index (χ3n) is 3.07. The molecule has 0 saturated heterocycles. The van der Waals surface area contributed by atoms with Gasteiger partial charge in [-0.05, 0) is 36.6 Å². The number of carboxylic acid groups (broad SMARTS) is 1. The maximum Gasteiger partial charge on any atom is 0.372 e. The van der Waals surface area contributed by atoms with E-state index < -0.39 is 5.97 Å². The van der Waals surface area contributed by atoms with E-state index in [1.165, 1.54) is 5.56 Å². The topological polar surface area (TPSA) is 59.7 Å². The van der Waals surface area contributed by atoms with Gasteiger partial charge in [-0.3, -0.25) is 0 Å². The zero-order valence-corrected chi connectivity index (χ0v) is 11.8. The largest absolute Gasteiger partial charge is 0.486 e. The normalized spacial score (nSPS) is 10.8. The standard InChI is InChI=1S/C16H18O4/c1-10(2)12-5-4-6-13(8-12)19-9-14-7-11(3)15(20-14)16(17)18/h4-8,10H,9H2,1-3H3,(H,17,18). The van der Waals surface area contributed by atoms with Crippen LogP contribution in [0.3, 0.4) is 0 Å². The molecule has 1 aromatic heterocycles. The first kappa shape index (κ1) is 14.2. The Hall–Kier alpha value is -2.23. The number of hydrogen-bond donors (Lipinski definition) is 1. The first-order chi connectivity index (χ1) is 9.47. The van der Waals surface area contributed by atoms with Gasteiger partial charge in [0.05, 0.1) is 0 Å². The van der Waals surface area contributed by atoms with Crippen LogP contribution < -0.4 is 4.74 Å². The monoisotopic (exact) mass is 274 g/mol. The highest BCUT2D eigenvalue weighted by molar-refractivity contribution is 5.86. The van der Waals surface area contributed by atoms with Gasteiger partial charge in [-0.25, -0.2) is 4.79 Å². The lowest BCUT2D eigenvalue weighted by Gasteiger charge is -2.08. The van der Waals surface area contributed by atoms with Gasteiger partial charge < -0.3 is 14.3 Å². The van der Waals surface area contributed by atoms with Crippen molar-refractivity contribution in [2.45, 2.75) is 33.3 Å². The fourth-order valence-electron chi connectivity index (χ4n) is 1.95. The van der Waals surface area contributed by atoms with Crippen LogP contribution in [0.1, 0.15) is 47.2 Å². The summed E-state index contributed by atoms with van der Waals surface area (Å²) in [5.41, 5.74) is 1.80. The Morgan fingerprint density at radius 1 is 1.35 bits per heavy atom. The number of aryl methyl sites for hydroxylation is 1. The minimum atomic E-state index is -1.06. The fraction of sp³-hybridized carbons (Fsp3) is 0.312. The summed E-state index contributed by atoms with van der Waals surface area (Å²) in [6.45, 7) is 6.16. The van der Waals surface area contributed by atoms with Gasteiger partial charge in [0.2, 0.25) is 5.76 Å². The smallest absolute Gasteiger partial charge is 0.372 e. The molecular weight excluding hydrogens is 256 g/mol. The highest BCUT2D eigenvalue weighted by atomic mass is 16.5. The summed E-state index contributed by atoms with van der Waals surface area (Å²) in [5.74, 6) is 0.607. The van der Waals surface area contributed by atoms with E-state index in [1.54, 1.807) is 13.0 Å². The van der Waals surface area contributed by atoms with Crippen LogP contribution in [-0.2, 0) is 6.61 Å². The first-order valence-electron chi connectivity index (χ1n) is 6.52. The van der Waals surface area contributed by atoms with Crippen LogP contribution in [-0.4, -0.2) is 11.1 Å². The van der Waals surface area contributed by atoms with Gasteiger partial charge in [0.25, 0.3) is 0 Å². The van der Waals surface area contributed by atoms with Crippen LogP contribution in [0.4, 0.5) is 0 Å². The molecule has 1 heterocycles. The summed E-state index contributed by atoms with van der Waals surface area (Å²) in [4.78, 5) is 10.9. The van der Waals surface area contributed by atoms with Crippen molar-refractivity contribution < 1.29 is 19.1 Å². The minimum Gasteiger partial charge on any atom is -0.486 e. The van der Waals surface area contributed by atoms with E-state index in [1.807, 2.05) is 18.2 Å². The van der Waals surface area contributed by atoms with Gasteiger partial charge in [0.15, 0.2) is 0 Å². The summed E-state index contributed by atoms with van der Waals surface area (Å²) in [6.07, 6.45) is 0. The Morgan fingerprint density at radius 3 is 2.70 bits per heavy atom. The Kier molecular flexibility index (Phi) is 4.13. The minimum absolute atomic E-state index is 0.0282. The van der Waals surface area contributed by atoms with Gasteiger partial charge in [-0.1, -0.05) is 26.0 Å². The van der Waals surface area contributed by atoms with Gasteiger partial charge in [0.1, 0.15) is 18.1 Å². The molecule has 1 aromatic carbocycles. The molecule has 2 rings (SSSR count). The maximum absolute atomic E-state index is 10.9. The SMILES string of the molecule is Cc1cc(COc2cccc(C(C)C)c2)oc1C(=O)O. The Balaban J connectivity index is 2.07. The van der Waals surface area contributed by atoms with E-state index in [2.05, 4.69) is 19.9 Å². The fourth-order valence-corrected chi connectivity index (χ4v) is 1.95. The zero-order chi connectivity index (χ0) is 14.7. The Bertz CT molecular complexity index is 611. The molecule has 106 valence electrons. The van der Waals surface area contributed by atoms with Crippen LogP contribution in [0.25, 0.3) is 0 Å². The van der Waals surface area contributed by atoms with E-state index in [4.69, 9.17) is 14.3 Å². The molecule has 0 bridgehead atoms. The van der Waals surface area contributed by atoms with Gasteiger partial charge in [-0.15, -0.1) is 0 Å². The second-order valence-electron chi connectivity index (χ2n) is 5.05. The average molecular weight is 274 g/mol. The van der Waals surface area contributed by atoms with Gasteiger partial charge >= 0.3 is 5.97 Å². The molecule has 1 N–H and O–H groups in total. The molecule has 0 aliphatic carbocycles. The Labute approximate surface area is 118 Å². The van der Waals surface area contributed by atoms with E-state index in [0.717, 1.165) is 5.75 Å². The average Bonchev–Trinajstić information content (AvgIpc) is 2.78. The number of ether oxygens (including phenoxy) is 1. The molecule has 0 radical (unpaired) electrons. The molecule has 0 spiro atoms. The quantitative estimate of drug-likeness (QED) is 0.895. The summed E-state index contributed by atoms with van der Waals surface area (Å²) in [5, 5.41) is 8.93. The number of carbonyl (C=O) groups is 1. The van der Waals surface area contributed by atoms with Crippen molar-refractivity contribution in [1.82, 2.24) is 0 Å². The number of benzene rings is 1. The highest BCUT2D eigenvalue weighted by Gasteiger charge is 2.14. The molecule has 0 atom stereocenters. The van der Waals surface area contributed by atoms with Crippen LogP contribution in [0, 0.1) is 6.92 Å². The maximum atomic E-state index is 10.9. The van der Waals surface area contributed by atoms with Crippen molar-refractivity contribution in [2.75, 3.05) is 0 Å². The third kappa shape index (κ3) is 3.20. The lowest BCUT2D eigenvalue weighted by Crippen LogP contribution is -1.96. The number of hydrogen-bond acceptors (Lipinski definition) is 3. The molecule has 0 amide bonds. The molecular formula is C16H18O4. The molecule has 4 heteroatoms. The highest BCUT2D eigenvalue weighted by Crippen LogP contribution is 2.22. The molecule has 4 nitrogen and oxygen atoms in total. The van der Waals surface area contributed by atoms with Crippen molar-refractivity contribution in [3.05, 3.63) is 53.0 Å². The predicted octanol–water partition coefficient (Wildman–Crippen LogP) is 3.99. The van der Waals surface area contributed by atoms with Gasteiger partial charge in [0, 0.05) is 5.56 Å². The van der Waals surface area contributed by atoms with Crippen molar-refractivity contribution in [1.29, 1.82) is 0 Å². The summed E-state index contributed by atoms with van der Waals surface area (Å²) in [7, 11) is 0. The van der Waals surface area contributed by atoms with Crippen molar-refractivity contribution in [2.24, 2.45) is 0 Å². The molecule has 0 saturated carbocycles. The van der Waals surface area contributed by atoms with Crippen molar-refractivity contribution >= 4 is 5.97 Å². The van der Waals surface area contributed by atoms with Crippen LogP contribution in [0.15, 0.2) is 34.7 Å². The van der Waals surface area contributed by atoms with Crippen LogP contribution in [0.5, 0.6) is 5.75 Å². The molecule has 0 unspecified atom stereocenters. The van der Waals surface area contributed by atoms with Crippen molar-refractivity contribution in [3.8, 4) is 5.75 Å². The summed E-state index contributed by atoms with van der Waals surface area (Å²) in [6, 6.07) is 9.55. The molecule has 2 aromatic rings. The molecule has 0 aliphatic heterocycles. The van der Waals surface area contributed by atoms with E-state index in [-0.39, 0.29) is 12.4 Å². The molecule has 20 heavy (non-hydrogen) atoms. The zero-order valence-electron chi connectivity index (χ0n) is 11.8. The number of carboxylic acids is 1. The summed E-state index contributed by atoms with van der Waals surface area (Å²) < 4.78 is 10.9. The molecule has 0 aliphatic rings. The lowest BCUT2D eigenvalue weighted by molar-refractivity contribution is 0.0657. The number of furan rings is 1. The van der Waals surface area contributed by atoms with E-state index in [9.17, 15) is 4.79 Å². The lowest BCUT2D eigenvalue weighted by atomic mass is 10.0. The van der Waals surface area contributed by atoms with Crippen molar-refractivity contribution in [3.63, 3.8) is 0 Å². The third-order valence-corrected chi connectivity index (χ3v) is 3.07. The number of rotatable bonds is 5. The van der Waals surface area contributed by atoms with Gasteiger partial charge in [-0.2, -0.15) is 0 Å². The first-order valence-corrected chi connectivity index (χ1v) is 6.52. The number of aromatic carboxylic acids is 1. The summed E-state index contributed by atoms with van der Waals surface area (Å²) >= 11 is 0. The van der Waals surface area contributed by atoms with Crippen LogP contribution >= 0.6 is 0 Å². The molecule has 0 fully saturated rings.